The largest absolute Gasteiger partial charge is 0.379 e. The summed E-state index contributed by atoms with van der Waals surface area (Å²) in [4.78, 5) is 0. The number of aryl methyl sites for hydroxylation is 2. The van der Waals surface area contributed by atoms with Gasteiger partial charge < -0.3 is 5.32 Å². The van der Waals surface area contributed by atoms with Gasteiger partial charge in [0.25, 0.3) is 0 Å². The lowest BCUT2D eigenvalue weighted by molar-refractivity contribution is 0.623. The van der Waals surface area contributed by atoms with Gasteiger partial charge in [0.2, 0.25) is 0 Å². The lowest BCUT2D eigenvalue weighted by atomic mass is 10.2. The Hall–Kier alpha value is -1.19. The fraction of sp³-hybridized carbons (Fsp3) is 0.357. The zero-order valence-electron chi connectivity index (χ0n) is 11.1. The predicted molar refractivity (Wildman–Crippen MR) is 81.0 cm³/mol. The number of hydrogen-bond donors (Lipinski definition) is 1. The van der Waals surface area contributed by atoms with Crippen molar-refractivity contribution in [3.63, 3.8) is 0 Å². The lowest BCUT2D eigenvalue weighted by Crippen LogP contribution is -2.08. The second-order valence-corrected chi connectivity index (χ2v) is 4.99. The molecule has 0 bridgehead atoms. The van der Waals surface area contributed by atoms with E-state index in [0.717, 1.165) is 34.2 Å². The third kappa shape index (κ3) is 3.23. The van der Waals surface area contributed by atoms with Crippen molar-refractivity contribution in [1.82, 2.24) is 9.78 Å². The number of anilines is 1. The zero-order valence-corrected chi connectivity index (χ0v) is 12.6. The Kier molecular flexibility index (Phi) is 4.72. The third-order valence-electron chi connectivity index (χ3n) is 2.99. The van der Waals surface area contributed by atoms with Crippen LogP contribution in [0.1, 0.15) is 23.9 Å². The number of hydrogen-bond acceptors (Lipinski definition) is 2. The highest BCUT2D eigenvalue weighted by Crippen LogP contribution is 2.22. The molecule has 0 aliphatic heterocycles. The Balaban J connectivity index is 2.14. The van der Waals surface area contributed by atoms with Crippen molar-refractivity contribution in [1.29, 1.82) is 0 Å². The molecule has 0 spiro atoms. The van der Waals surface area contributed by atoms with E-state index in [2.05, 4.69) is 17.3 Å². The highest BCUT2D eigenvalue weighted by Gasteiger charge is 2.11. The van der Waals surface area contributed by atoms with E-state index in [4.69, 9.17) is 23.2 Å². The van der Waals surface area contributed by atoms with Crippen molar-refractivity contribution in [2.75, 3.05) is 5.32 Å². The molecule has 2 rings (SSSR count). The molecule has 1 N–H and O–H groups in total. The van der Waals surface area contributed by atoms with Gasteiger partial charge >= 0.3 is 0 Å². The molecule has 102 valence electrons. The Bertz CT molecular complexity index is 564. The standard InChI is InChI=1S/C14H17Cl2N3/c1-3-19-13(14(16)10(2)18-19)9-17-12-6-4-5-11(7-12)8-15/h4-7,17H,3,8-9H2,1-2H3. The van der Waals surface area contributed by atoms with Crippen molar-refractivity contribution in [2.24, 2.45) is 0 Å². The van der Waals surface area contributed by atoms with Gasteiger partial charge in [-0.1, -0.05) is 23.7 Å². The van der Waals surface area contributed by atoms with Gasteiger partial charge in [0, 0.05) is 18.1 Å². The maximum Gasteiger partial charge on any atom is 0.0865 e. The molecular weight excluding hydrogens is 281 g/mol. The van der Waals surface area contributed by atoms with Crippen LogP contribution in [-0.4, -0.2) is 9.78 Å². The second kappa shape index (κ2) is 6.31. The molecule has 0 fully saturated rings. The first kappa shape index (κ1) is 14.2. The summed E-state index contributed by atoms with van der Waals surface area (Å²) in [6.45, 7) is 5.44. The van der Waals surface area contributed by atoms with E-state index in [0.29, 0.717) is 12.4 Å². The molecule has 0 saturated heterocycles. The molecule has 2 aromatic rings. The molecular formula is C14H17Cl2N3. The molecule has 1 heterocycles. The molecule has 0 atom stereocenters. The van der Waals surface area contributed by atoms with Gasteiger partial charge in [0.15, 0.2) is 0 Å². The van der Waals surface area contributed by atoms with Crippen molar-refractivity contribution >= 4 is 28.9 Å². The van der Waals surface area contributed by atoms with Crippen molar-refractivity contribution < 1.29 is 0 Å². The number of halogens is 2. The molecule has 0 unspecified atom stereocenters. The van der Waals surface area contributed by atoms with E-state index in [9.17, 15) is 0 Å². The number of nitrogens with zero attached hydrogens (tertiary/aromatic N) is 2. The average Bonchev–Trinajstić information content (AvgIpc) is 2.72. The monoisotopic (exact) mass is 297 g/mol. The Labute approximate surface area is 123 Å². The van der Waals surface area contributed by atoms with Crippen LogP contribution in [-0.2, 0) is 19.0 Å². The molecule has 0 radical (unpaired) electrons. The van der Waals surface area contributed by atoms with Crippen LogP contribution in [0.25, 0.3) is 0 Å². The Morgan fingerprint density at radius 1 is 1.37 bits per heavy atom. The Morgan fingerprint density at radius 2 is 2.16 bits per heavy atom. The van der Waals surface area contributed by atoms with Gasteiger partial charge in [-0.25, -0.2) is 0 Å². The van der Waals surface area contributed by atoms with E-state index >= 15 is 0 Å². The van der Waals surface area contributed by atoms with Crippen LogP contribution in [0.3, 0.4) is 0 Å². The minimum atomic E-state index is 0.516. The fourth-order valence-corrected chi connectivity index (χ4v) is 2.36. The first-order valence-electron chi connectivity index (χ1n) is 6.26. The van der Waals surface area contributed by atoms with Gasteiger partial charge in [-0.3, -0.25) is 4.68 Å². The van der Waals surface area contributed by atoms with E-state index in [1.807, 2.05) is 35.9 Å². The number of benzene rings is 1. The minimum Gasteiger partial charge on any atom is -0.379 e. The molecule has 3 nitrogen and oxygen atoms in total. The van der Waals surface area contributed by atoms with Gasteiger partial charge in [-0.2, -0.15) is 5.10 Å². The van der Waals surface area contributed by atoms with E-state index in [-0.39, 0.29) is 0 Å². The Morgan fingerprint density at radius 3 is 2.84 bits per heavy atom. The van der Waals surface area contributed by atoms with Gasteiger partial charge in [-0.15, -0.1) is 11.6 Å². The van der Waals surface area contributed by atoms with Crippen LogP contribution in [0.5, 0.6) is 0 Å². The van der Waals surface area contributed by atoms with Gasteiger partial charge in [0.05, 0.1) is 23.0 Å². The molecule has 19 heavy (non-hydrogen) atoms. The number of nitrogens with one attached hydrogen (secondary N) is 1. The van der Waals surface area contributed by atoms with Crippen LogP contribution in [0.15, 0.2) is 24.3 Å². The normalized spacial score (nSPS) is 10.7. The number of rotatable bonds is 5. The fourth-order valence-electron chi connectivity index (χ4n) is 1.99. The molecule has 5 heteroatoms. The maximum absolute atomic E-state index is 6.27. The smallest absolute Gasteiger partial charge is 0.0865 e. The molecule has 1 aromatic heterocycles. The molecule has 1 aromatic carbocycles. The first-order chi connectivity index (χ1) is 9.15. The summed E-state index contributed by atoms with van der Waals surface area (Å²) in [7, 11) is 0. The first-order valence-corrected chi connectivity index (χ1v) is 7.17. The van der Waals surface area contributed by atoms with Gasteiger partial charge in [0.1, 0.15) is 0 Å². The summed E-state index contributed by atoms with van der Waals surface area (Å²) >= 11 is 12.1. The summed E-state index contributed by atoms with van der Waals surface area (Å²) < 4.78 is 1.93. The van der Waals surface area contributed by atoms with Crippen molar-refractivity contribution in [3.05, 3.63) is 46.2 Å². The molecule has 0 aliphatic rings. The summed E-state index contributed by atoms with van der Waals surface area (Å²) in [6.07, 6.45) is 0. The van der Waals surface area contributed by atoms with Crippen LogP contribution in [0, 0.1) is 6.92 Å². The number of aromatic nitrogens is 2. The third-order valence-corrected chi connectivity index (χ3v) is 3.79. The number of alkyl halides is 1. The van der Waals surface area contributed by atoms with E-state index in [1.54, 1.807) is 0 Å². The quantitative estimate of drug-likeness (QED) is 0.838. The molecule has 0 saturated carbocycles. The highest BCUT2D eigenvalue weighted by atomic mass is 35.5. The maximum atomic E-state index is 6.27. The van der Waals surface area contributed by atoms with Crippen molar-refractivity contribution in [3.8, 4) is 0 Å². The summed E-state index contributed by atoms with van der Waals surface area (Å²) in [5.74, 6) is 0.516. The highest BCUT2D eigenvalue weighted by molar-refractivity contribution is 6.31. The topological polar surface area (TPSA) is 29.9 Å². The van der Waals surface area contributed by atoms with E-state index < -0.39 is 0 Å². The summed E-state index contributed by atoms with van der Waals surface area (Å²) in [6, 6.07) is 8.06. The summed E-state index contributed by atoms with van der Waals surface area (Å²) in [5, 5.41) is 8.50. The molecule has 0 amide bonds. The predicted octanol–water partition coefficient (Wildman–Crippen LogP) is 4.22. The van der Waals surface area contributed by atoms with Crippen LogP contribution in [0.4, 0.5) is 5.69 Å². The van der Waals surface area contributed by atoms with Crippen LogP contribution in [0.2, 0.25) is 5.02 Å². The second-order valence-electron chi connectivity index (χ2n) is 4.35. The average molecular weight is 298 g/mol. The molecule has 0 aliphatic carbocycles. The minimum absolute atomic E-state index is 0.516. The van der Waals surface area contributed by atoms with Crippen LogP contribution >= 0.6 is 23.2 Å². The van der Waals surface area contributed by atoms with E-state index in [1.165, 1.54) is 0 Å². The lowest BCUT2D eigenvalue weighted by Gasteiger charge is -2.09. The van der Waals surface area contributed by atoms with Crippen LogP contribution < -0.4 is 5.32 Å². The van der Waals surface area contributed by atoms with Gasteiger partial charge in [-0.05, 0) is 31.5 Å². The zero-order chi connectivity index (χ0) is 13.8. The summed E-state index contributed by atoms with van der Waals surface area (Å²) in [5.41, 5.74) is 4.02. The van der Waals surface area contributed by atoms with Crippen molar-refractivity contribution in [2.45, 2.75) is 32.8 Å². The SMILES string of the molecule is CCn1nc(C)c(Cl)c1CNc1cccc(CCl)c1.